The van der Waals surface area contributed by atoms with Crippen LogP contribution in [0, 0.1) is 0 Å². The highest BCUT2D eigenvalue weighted by molar-refractivity contribution is 7.26. The first-order valence-corrected chi connectivity index (χ1v) is 16.4. The molecule has 46 heavy (non-hydrogen) atoms. The topological polar surface area (TPSA) is 51.6 Å². The van der Waals surface area contributed by atoms with Crippen molar-refractivity contribution in [3.05, 3.63) is 139 Å². The zero-order chi connectivity index (χ0) is 31.0. The maximum absolute atomic E-state index is 5.28. The van der Waals surface area contributed by atoms with E-state index in [-0.39, 0.29) is 0 Å². The van der Waals surface area contributed by atoms with E-state index in [2.05, 4.69) is 104 Å². The Morgan fingerprint density at radius 3 is 2.02 bits per heavy atom. The fourth-order valence-electron chi connectivity index (χ4n) is 6.19. The number of pyridine rings is 1. The highest BCUT2D eigenvalue weighted by Gasteiger charge is 2.17. The fraction of sp³-hybridized carbons (Fsp3) is 0.0732. The van der Waals surface area contributed by atoms with Gasteiger partial charge in [-0.2, -0.15) is 0 Å². The van der Waals surface area contributed by atoms with Gasteiger partial charge in [-0.05, 0) is 30.9 Å². The lowest BCUT2D eigenvalue weighted by atomic mass is 9.97. The third-order valence-electron chi connectivity index (χ3n) is 8.32. The second-order valence-electron chi connectivity index (χ2n) is 11.3. The molecule has 0 fully saturated rings. The number of nitrogens with zero attached hydrogens (tertiary/aromatic N) is 4. The molecule has 220 valence electrons. The van der Waals surface area contributed by atoms with Crippen LogP contribution in [0.2, 0.25) is 0 Å². The molecule has 0 atom stereocenters. The molecule has 0 amide bonds. The zero-order valence-electron chi connectivity index (χ0n) is 25.6. The van der Waals surface area contributed by atoms with Crippen molar-refractivity contribution in [2.45, 2.75) is 20.3 Å². The summed E-state index contributed by atoms with van der Waals surface area (Å²) >= 11 is 1.84. The molecule has 0 aliphatic heterocycles. The van der Waals surface area contributed by atoms with Crippen molar-refractivity contribution < 1.29 is 0 Å². The largest absolute Gasteiger partial charge is 0.247 e. The summed E-state index contributed by atoms with van der Waals surface area (Å²) in [5.41, 5.74) is 5.91. The Labute approximate surface area is 271 Å². The number of hydrogen-bond donors (Lipinski definition) is 0. The SMILES string of the molecule is C/C=C\C(=C/CC)c1nc(-c2ccccc2)nc(-c2ccc(-c3nc4ccccc4c4ccc5c6ccccc6sc5c34)cc2)n1. The number of benzene rings is 5. The predicted octanol–water partition coefficient (Wildman–Crippen LogP) is 11.3. The molecule has 8 aromatic rings. The smallest absolute Gasteiger partial charge is 0.164 e. The van der Waals surface area contributed by atoms with Gasteiger partial charge in [-0.3, -0.25) is 0 Å². The summed E-state index contributed by atoms with van der Waals surface area (Å²) in [6.45, 7) is 4.14. The van der Waals surface area contributed by atoms with Gasteiger partial charge in [-0.15, -0.1) is 11.3 Å². The van der Waals surface area contributed by atoms with E-state index < -0.39 is 0 Å². The van der Waals surface area contributed by atoms with Crippen molar-refractivity contribution in [2.24, 2.45) is 0 Å². The first kappa shape index (κ1) is 28.0. The molecule has 0 saturated heterocycles. The Morgan fingerprint density at radius 2 is 1.26 bits per heavy atom. The van der Waals surface area contributed by atoms with Crippen molar-refractivity contribution in [1.82, 2.24) is 19.9 Å². The van der Waals surface area contributed by atoms with E-state index in [0.717, 1.165) is 39.9 Å². The Bertz CT molecular complexity index is 2460. The molecule has 3 heterocycles. The molecule has 0 aliphatic rings. The lowest BCUT2D eigenvalue weighted by Crippen LogP contribution is -2.02. The number of rotatable bonds is 6. The lowest BCUT2D eigenvalue weighted by molar-refractivity contribution is 1.03. The number of aromatic nitrogens is 4. The molecular weight excluding hydrogens is 581 g/mol. The van der Waals surface area contributed by atoms with Crippen molar-refractivity contribution in [3.63, 3.8) is 0 Å². The summed E-state index contributed by atoms with van der Waals surface area (Å²) in [5.74, 6) is 1.97. The van der Waals surface area contributed by atoms with Gasteiger partial charge < -0.3 is 0 Å². The molecule has 0 aliphatic carbocycles. The summed E-state index contributed by atoms with van der Waals surface area (Å²) in [5, 5.41) is 6.14. The minimum Gasteiger partial charge on any atom is -0.247 e. The van der Waals surface area contributed by atoms with Crippen molar-refractivity contribution in [2.75, 3.05) is 0 Å². The first-order valence-electron chi connectivity index (χ1n) is 15.6. The molecule has 0 unspecified atom stereocenters. The summed E-state index contributed by atoms with van der Waals surface area (Å²) in [6, 6.07) is 40.2. The minimum atomic E-state index is 0.644. The van der Waals surface area contributed by atoms with Gasteiger partial charge >= 0.3 is 0 Å². The summed E-state index contributed by atoms with van der Waals surface area (Å²) < 4.78 is 2.55. The van der Waals surface area contributed by atoms with Gasteiger partial charge in [0.2, 0.25) is 0 Å². The number of thiophene rings is 1. The summed E-state index contributed by atoms with van der Waals surface area (Å²) in [7, 11) is 0. The predicted molar refractivity (Wildman–Crippen MR) is 195 cm³/mol. The molecule has 0 N–H and O–H groups in total. The maximum Gasteiger partial charge on any atom is 0.164 e. The van der Waals surface area contributed by atoms with Gasteiger partial charge in [0, 0.05) is 53.2 Å². The molecule has 5 heteroatoms. The third kappa shape index (κ3) is 4.86. The van der Waals surface area contributed by atoms with Gasteiger partial charge in [-0.1, -0.05) is 128 Å². The number of allylic oxidation sites excluding steroid dienone is 4. The maximum atomic E-state index is 5.28. The van der Waals surface area contributed by atoms with Crippen LogP contribution in [0.15, 0.2) is 133 Å². The van der Waals surface area contributed by atoms with Crippen LogP contribution in [-0.2, 0) is 0 Å². The molecule has 0 saturated carbocycles. The Morgan fingerprint density at radius 1 is 0.609 bits per heavy atom. The van der Waals surface area contributed by atoms with Gasteiger partial charge in [-0.25, -0.2) is 19.9 Å². The van der Waals surface area contributed by atoms with Crippen LogP contribution in [-0.4, -0.2) is 19.9 Å². The minimum absolute atomic E-state index is 0.644. The zero-order valence-corrected chi connectivity index (χ0v) is 26.4. The molecule has 0 bridgehead atoms. The second-order valence-corrected chi connectivity index (χ2v) is 12.3. The molecule has 8 rings (SSSR count). The average Bonchev–Trinajstić information content (AvgIpc) is 3.50. The van der Waals surface area contributed by atoms with E-state index >= 15 is 0 Å². The van der Waals surface area contributed by atoms with Crippen LogP contribution in [0.5, 0.6) is 0 Å². The van der Waals surface area contributed by atoms with E-state index in [1.165, 1.54) is 36.3 Å². The quantitative estimate of drug-likeness (QED) is 0.139. The van der Waals surface area contributed by atoms with Gasteiger partial charge in [0.1, 0.15) is 0 Å². The van der Waals surface area contributed by atoms with Crippen LogP contribution < -0.4 is 0 Å². The van der Waals surface area contributed by atoms with Crippen LogP contribution in [0.1, 0.15) is 26.1 Å². The Hall–Kier alpha value is -5.52. The van der Waals surface area contributed by atoms with E-state index in [1.807, 2.05) is 54.7 Å². The van der Waals surface area contributed by atoms with E-state index in [1.54, 1.807) is 0 Å². The number of para-hydroxylation sites is 1. The van der Waals surface area contributed by atoms with Crippen molar-refractivity contribution >= 4 is 58.8 Å². The van der Waals surface area contributed by atoms with E-state index in [4.69, 9.17) is 19.9 Å². The molecule has 0 radical (unpaired) electrons. The van der Waals surface area contributed by atoms with Crippen LogP contribution in [0.3, 0.4) is 0 Å². The summed E-state index contributed by atoms with van der Waals surface area (Å²) in [4.78, 5) is 20.1. The van der Waals surface area contributed by atoms with E-state index in [0.29, 0.717) is 17.5 Å². The molecular formula is C41H30N4S. The molecule has 4 nitrogen and oxygen atoms in total. The first-order chi connectivity index (χ1) is 22.7. The normalized spacial score (nSPS) is 12.3. The van der Waals surface area contributed by atoms with Gasteiger partial charge in [0.05, 0.1) is 11.2 Å². The molecule has 0 spiro atoms. The number of hydrogen-bond acceptors (Lipinski definition) is 5. The molecule has 5 aromatic carbocycles. The Balaban J connectivity index is 1.32. The second kappa shape index (κ2) is 11.8. The fourth-order valence-corrected chi connectivity index (χ4v) is 7.44. The standard InChI is InChI=1S/C41H30N4S/c1-3-12-27(13-4-2)39-43-40(28-14-6-5-7-15-28)45-41(44-39)29-22-20-26(21-23-29)37-36-32(30-16-8-10-18-34(30)42-37)24-25-33-31-17-9-11-19-35(31)46-38(33)36/h3,5-25H,4H2,1-2H3/b12-3-,27-13+. The van der Waals surface area contributed by atoms with Crippen LogP contribution in [0.4, 0.5) is 0 Å². The monoisotopic (exact) mass is 610 g/mol. The third-order valence-corrected chi connectivity index (χ3v) is 9.53. The van der Waals surface area contributed by atoms with E-state index in [9.17, 15) is 0 Å². The Kier molecular flexibility index (Phi) is 7.16. The highest BCUT2D eigenvalue weighted by Crippen LogP contribution is 2.43. The van der Waals surface area contributed by atoms with Gasteiger partial charge in [0.25, 0.3) is 0 Å². The van der Waals surface area contributed by atoms with Crippen LogP contribution >= 0.6 is 11.3 Å². The average molecular weight is 611 g/mol. The van der Waals surface area contributed by atoms with Crippen molar-refractivity contribution in [1.29, 1.82) is 0 Å². The number of fused-ring (bicyclic) bond motifs is 7. The summed E-state index contributed by atoms with van der Waals surface area (Å²) in [6.07, 6.45) is 7.13. The molecule has 3 aromatic heterocycles. The van der Waals surface area contributed by atoms with Crippen LogP contribution in [0.25, 0.3) is 81.5 Å². The van der Waals surface area contributed by atoms with Gasteiger partial charge in [0.15, 0.2) is 17.5 Å². The lowest BCUT2D eigenvalue weighted by Gasteiger charge is -2.12. The van der Waals surface area contributed by atoms with Crippen molar-refractivity contribution in [3.8, 4) is 34.0 Å². The highest BCUT2D eigenvalue weighted by atomic mass is 32.1.